The average Bonchev–Trinajstić information content (AvgIpc) is 2.83. The normalized spacial score (nSPS) is 15.3. The predicted molar refractivity (Wildman–Crippen MR) is 75.5 cm³/mol. The summed E-state index contributed by atoms with van der Waals surface area (Å²) in [5.74, 6) is -0.0915. The molecule has 1 N–H and O–H groups in total. The number of carbonyl (C=O) groups is 1. The zero-order chi connectivity index (χ0) is 13.9. The number of rotatable bonds is 5. The van der Waals surface area contributed by atoms with Gasteiger partial charge in [0.2, 0.25) is 15.9 Å². The Kier molecular flexibility index (Phi) is 4.59. The Morgan fingerprint density at radius 1 is 1.53 bits per heavy atom. The Balaban J connectivity index is 1.88. The van der Waals surface area contributed by atoms with Crippen LogP contribution in [0.25, 0.3) is 0 Å². The molecule has 106 valence electrons. The van der Waals surface area contributed by atoms with Crippen LogP contribution in [-0.4, -0.2) is 38.1 Å². The lowest BCUT2D eigenvalue weighted by atomic mass is 10.1. The maximum atomic E-state index is 12.0. The minimum atomic E-state index is -3.31. The van der Waals surface area contributed by atoms with E-state index in [9.17, 15) is 13.2 Å². The Bertz CT molecular complexity index is 551. The molecule has 1 amide bonds. The molecule has 2 rings (SSSR count). The van der Waals surface area contributed by atoms with E-state index in [4.69, 9.17) is 0 Å². The fourth-order valence-electron chi connectivity index (χ4n) is 2.09. The first kappa shape index (κ1) is 14.5. The smallest absolute Gasteiger partial charge is 0.237 e. The summed E-state index contributed by atoms with van der Waals surface area (Å²) < 4.78 is 25.3. The number of thiophene rings is 1. The Hall–Kier alpha value is -0.920. The third-order valence-corrected chi connectivity index (χ3v) is 5.63. The lowest BCUT2D eigenvalue weighted by molar-refractivity contribution is -0.130. The van der Waals surface area contributed by atoms with Crippen molar-refractivity contribution in [1.29, 1.82) is 0 Å². The topological polar surface area (TPSA) is 66.5 Å². The molecule has 0 saturated heterocycles. The fraction of sp³-hybridized carbons (Fsp3) is 0.583. The van der Waals surface area contributed by atoms with Crippen molar-refractivity contribution in [3.05, 3.63) is 21.9 Å². The van der Waals surface area contributed by atoms with Crippen molar-refractivity contribution in [3.8, 4) is 0 Å². The van der Waals surface area contributed by atoms with Gasteiger partial charge in [-0.3, -0.25) is 4.79 Å². The lowest BCUT2D eigenvalue weighted by Crippen LogP contribution is -2.42. The quantitative estimate of drug-likeness (QED) is 0.881. The maximum absolute atomic E-state index is 12.0. The second-order valence-corrected chi connectivity index (χ2v) is 7.50. The summed E-state index contributed by atoms with van der Waals surface area (Å²) in [4.78, 5) is 15.0. The van der Waals surface area contributed by atoms with Gasteiger partial charge in [0.25, 0.3) is 0 Å². The van der Waals surface area contributed by atoms with Crippen LogP contribution in [0.2, 0.25) is 0 Å². The molecule has 1 aromatic heterocycles. The molecule has 7 heteroatoms. The monoisotopic (exact) mass is 302 g/mol. The van der Waals surface area contributed by atoms with Gasteiger partial charge in [-0.05, 0) is 29.9 Å². The van der Waals surface area contributed by atoms with E-state index in [-0.39, 0.29) is 18.2 Å². The van der Waals surface area contributed by atoms with Gasteiger partial charge in [-0.15, -0.1) is 11.3 Å². The molecular weight excluding hydrogens is 284 g/mol. The molecule has 0 aliphatic carbocycles. The highest BCUT2D eigenvalue weighted by molar-refractivity contribution is 7.89. The molecule has 0 aromatic carbocycles. The van der Waals surface area contributed by atoms with Gasteiger partial charge in [0, 0.05) is 18.0 Å². The molecule has 1 aromatic rings. The molecule has 0 saturated carbocycles. The third kappa shape index (κ3) is 3.77. The summed E-state index contributed by atoms with van der Waals surface area (Å²) in [7, 11) is -3.31. The van der Waals surface area contributed by atoms with Crippen LogP contribution in [0, 0.1) is 0 Å². The van der Waals surface area contributed by atoms with E-state index >= 15 is 0 Å². The molecule has 2 heterocycles. The number of carbonyl (C=O) groups excluding carboxylic acids is 1. The minimum Gasteiger partial charge on any atom is -0.337 e. The molecule has 0 unspecified atom stereocenters. The Morgan fingerprint density at radius 2 is 2.32 bits per heavy atom. The SMILES string of the molecule is CCCS(=O)(=O)NCC(=O)N1CCc2sccc2C1. The van der Waals surface area contributed by atoms with Gasteiger partial charge in [0.05, 0.1) is 12.3 Å². The summed E-state index contributed by atoms with van der Waals surface area (Å²) in [6.07, 6.45) is 1.41. The maximum Gasteiger partial charge on any atom is 0.237 e. The molecule has 0 atom stereocenters. The van der Waals surface area contributed by atoms with Crippen molar-refractivity contribution in [2.45, 2.75) is 26.3 Å². The largest absolute Gasteiger partial charge is 0.337 e. The van der Waals surface area contributed by atoms with E-state index in [1.165, 1.54) is 10.4 Å². The van der Waals surface area contributed by atoms with E-state index < -0.39 is 10.0 Å². The van der Waals surface area contributed by atoms with Gasteiger partial charge >= 0.3 is 0 Å². The molecule has 1 aliphatic heterocycles. The molecule has 19 heavy (non-hydrogen) atoms. The minimum absolute atomic E-state index is 0.0644. The second-order valence-electron chi connectivity index (χ2n) is 4.57. The Labute approximate surface area is 117 Å². The summed E-state index contributed by atoms with van der Waals surface area (Å²) in [6.45, 7) is 2.92. The van der Waals surface area contributed by atoms with Crippen LogP contribution in [0.3, 0.4) is 0 Å². The number of sulfonamides is 1. The van der Waals surface area contributed by atoms with Crippen LogP contribution in [0.15, 0.2) is 11.4 Å². The number of fused-ring (bicyclic) bond motifs is 1. The number of nitrogens with one attached hydrogen (secondary N) is 1. The number of nitrogens with zero attached hydrogens (tertiary/aromatic N) is 1. The second kappa shape index (κ2) is 6.02. The summed E-state index contributed by atoms with van der Waals surface area (Å²) in [5.41, 5.74) is 1.18. The van der Waals surface area contributed by atoms with E-state index in [1.54, 1.807) is 23.2 Å². The van der Waals surface area contributed by atoms with Gasteiger partial charge in [-0.1, -0.05) is 6.92 Å². The molecule has 0 bridgehead atoms. The number of hydrogen-bond acceptors (Lipinski definition) is 4. The van der Waals surface area contributed by atoms with Crippen molar-refractivity contribution >= 4 is 27.3 Å². The van der Waals surface area contributed by atoms with E-state index in [1.807, 2.05) is 11.4 Å². The predicted octanol–water partition coefficient (Wildman–Crippen LogP) is 0.962. The van der Waals surface area contributed by atoms with Crippen molar-refractivity contribution < 1.29 is 13.2 Å². The van der Waals surface area contributed by atoms with Crippen LogP contribution in [0.4, 0.5) is 0 Å². The Morgan fingerprint density at radius 3 is 3.05 bits per heavy atom. The van der Waals surface area contributed by atoms with Crippen molar-refractivity contribution in [2.24, 2.45) is 0 Å². The lowest BCUT2D eigenvalue weighted by Gasteiger charge is -2.27. The molecule has 1 aliphatic rings. The summed E-state index contributed by atoms with van der Waals surface area (Å²) in [5, 5.41) is 2.03. The summed E-state index contributed by atoms with van der Waals surface area (Å²) >= 11 is 1.71. The van der Waals surface area contributed by atoms with Gasteiger partial charge in [0.1, 0.15) is 0 Å². The highest BCUT2D eigenvalue weighted by Crippen LogP contribution is 2.23. The molecule has 0 radical (unpaired) electrons. The van der Waals surface area contributed by atoms with E-state index in [2.05, 4.69) is 4.72 Å². The van der Waals surface area contributed by atoms with Gasteiger partial charge < -0.3 is 4.90 Å². The molecular formula is C12H18N2O3S2. The van der Waals surface area contributed by atoms with Crippen LogP contribution < -0.4 is 4.72 Å². The average molecular weight is 302 g/mol. The van der Waals surface area contributed by atoms with Crippen molar-refractivity contribution in [2.75, 3.05) is 18.8 Å². The van der Waals surface area contributed by atoms with Gasteiger partial charge in [-0.25, -0.2) is 13.1 Å². The number of hydrogen-bond donors (Lipinski definition) is 1. The first-order chi connectivity index (χ1) is 9.02. The summed E-state index contributed by atoms with van der Waals surface area (Å²) in [6, 6.07) is 2.03. The zero-order valence-corrected chi connectivity index (χ0v) is 12.5. The standard InChI is InChI=1S/C12H18N2O3S2/c1-2-7-19(16,17)13-8-12(15)14-5-3-11-10(9-14)4-6-18-11/h4,6,13H,2-3,5,7-9H2,1H3. The van der Waals surface area contributed by atoms with Gasteiger partial charge in [-0.2, -0.15) is 0 Å². The van der Waals surface area contributed by atoms with E-state index in [0.29, 0.717) is 19.5 Å². The van der Waals surface area contributed by atoms with E-state index in [0.717, 1.165) is 6.42 Å². The fourth-order valence-corrected chi connectivity index (χ4v) is 4.00. The van der Waals surface area contributed by atoms with Crippen LogP contribution in [0.5, 0.6) is 0 Å². The van der Waals surface area contributed by atoms with Gasteiger partial charge in [0.15, 0.2) is 0 Å². The highest BCUT2D eigenvalue weighted by Gasteiger charge is 2.22. The number of amides is 1. The zero-order valence-electron chi connectivity index (χ0n) is 10.9. The van der Waals surface area contributed by atoms with Crippen LogP contribution in [-0.2, 0) is 27.8 Å². The third-order valence-electron chi connectivity index (χ3n) is 3.08. The van der Waals surface area contributed by atoms with Crippen LogP contribution in [0.1, 0.15) is 23.8 Å². The van der Waals surface area contributed by atoms with Crippen LogP contribution >= 0.6 is 11.3 Å². The van der Waals surface area contributed by atoms with Crippen molar-refractivity contribution in [3.63, 3.8) is 0 Å². The molecule has 5 nitrogen and oxygen atoms in total. The first-order valence-electron chi connectivity index (χ1n) is 6.32. The highest BCUT2D eigenvalue weighted by atomic mass is 32.2. The van der Waals surface area contributed by atoms with Crippen molar-refractivity contribution in [1.82, 2.24) is 9.62 Å². The molecule has 0 fully saturated rings. The first-order valence-corrected chi connectivity index (χ1v) is 8.85. The molecule has 0 spiro atoms.